The predicted molar refractivity (Wildman–Crippen MR) is 93.0 cm³/mol. The van der Waals surface area contributed by atoms with E-state index in [4.69, 9.17) is 0 Å². The summed E-state index contributed by atoms with van der Waals surface area (Å²) in [5.41, 5.74) is 0. The van der Waals surface area contributed by atoms with Gasteiger partial charge in [0.15, 0.2) is 0 Å². The Morgan fingerprint density at radius 2 is 0.636 bits per heavy atom. The average Bonchev–Trinajstić information content (AvgIpc) is 2.53. The summed E-state index contributed by atoms with van der Waals surface area (Å²) in [5.74, 6) is 0. The van der Waals surface area contributed by atoms with E-state index in [2.05, 4.69) is 49.5 Å². The van der Waals surface area contributed by atoms with Crippen molar-refractivity contribution in [1.29, 1.82) is 0 Å². The number of nitrogens with zero attached hydrogens (tertiary/aromatic N) is 6. The molecular formula is C15H33N6Si. The Kier molecular flexibility index (Phi) is 5.89. The lowest BCUT2D eigenvalue weighted by atomic mass is 10.4. The number of hydrogen-bond donors (Lipinski definition) is 0. The van der Waals surface area contributed by atoms with Crippen LogP contribution in [0.5, 0.6) is 0 Å². The Bertz CT molecular complexity index is 281. The Labute approximate surface area is 138 Å². The first-order chi connectivity index (χ1) is 10.6. The maximum atomic E-state index is 2.83. The third kappa shape index (κ3) is 4.08. The van der Waals surface area contributed by atoms with E-state index in [0.29, 0.717) is 0 Å². The SMILES string of the molecule is CN1CCN([Si](N2CCN(C)CC2)N2CCN(C)CC2)CC1. The van der Waals surface area contributed by atoms with Gasteiger partial charge in [-0.25, -0.2) is 0 Å². The molecule has 3 saturated heterocycles. The highest BCUT2D eigenvalue weighted by atomic mass is 28.3. The molecule has 0 aromatic rings. The molecule has 7 heteroatoms. The van der Waals surface area contributed by atoms with Gasteiger partial charge in [0.25, 0.3) is 0 Å². The van der Waals surface area contributed by atoms with Crippen molar-refractivity contribution in [2.24, 2.45) is 0 Å². The molecule has 0 aromatic heterocycles. The molecule has 3 aliphatic rings. The van der Waals surface area contributed by atoms with E-state index in [0.717, 1.165) is 0 Å². The van der Waals surface area contributed by atoms with Gasteiger partial charge < -0.3 is 14.7 Å². The molecule has 22 heavy (non-hydrogen) atoms. The zero-order chi connectivity index (χ0) is 15.5. The van der Waals surface area contributed by atoms with Crippen molar-refractivity contribution in [2.75, 3.05) is 99.7 Å². The lowest BCUT2D eigenvalue weighted by molar-refractivity contribution is 0.137. The van der Waals surface area contributed by atoms with Crippen molar-refractivity contribution in [3.05, 3.63) is 0 Å². The fraction of sp³-hybridized carbons (Fsp3) is 1.00. The molecule has 3 rings (SSSR count). The number of piperazine rings is 3. The minimum absolute atomic E-state index is 0.696. The zero-order valence-corrected chi connectivity index (χ0v) is 15.7. The second-order valence-electron chi connectivity index (χ2n) is 7.17. The summed E-state index contributed by atoms with van der Waals surface area (Å²) in [6.07, 6.45) is 0. The van der Waals surface area contributed by atoms with Gasteiger partial charge in [0.1, 0.15) is 0 Å². The van der Waals surface area contributed by atoms with E-state index in [-0.39, 0.29) is 0 Å². The fourth-order valence-corrected chi connectivity index (χ4v) is 6.62. The molecule has 0 spiro atoms. The molecule has 0 bridgehead atoms. The molecule has 3 heterocycles. The first-order valence-corrected chi connectivity index (χ1v) is 10.1. The second kappa shape index (κ2) is 7.70. The van der Waals surface area contributed by atoms with Gasteiger partial charge in [-0.1, -0.05) is 0 Å². The molecule has 1 radical (unpaired) electrons. The molecule has 0 aliphatic carbocycles. The van der Waals surface area contributed by atoms with Gasteiger partial charge in [-0.05, 0) is 21.1 Å². The molecule has 0 unspecified atom stereocenters. The first-order valence-electron chi connectivity index (χ1n) is 8.81. The van der Waals surface area contributed by atoms with Crippen LogP contribution in [0.4, 0.5) is 0 Å². The number of hydrogen-bond acceptors (Lipinski definition) is 6. The van der Waals surface area contributed by atoms with E-state index in [1.165, 1.54) is 78.5 Å². The van der Waals surface area contributed by atoms with E-state index < -0.39 is 9.28 Å². The standard InChI is InChI=1S/C15H33N6Si/c1-16-4-10-19(11-5-16)22(20-12-6-17(2)7-13-20)21-14-8-18(3)9-15-21/h4-15H2,1-3H3. The van der Waals surface area contributed by atoms with Crippen LogP contribution in [0.2, 0.25) is 0 Å². The van der Waals surface area contributed by atoms with Crippen molar-refractivity contribution in [3.63, 3.8) is 0 Å². The van der Waals surface area contributed by atoms with Crippen LogP contribution in [-0.2, 0) is 0 Å². The Balaban J connectivity index is 1.67. The van der Waals surface area contributed by atoms with Crippen molar-refractivity contribution in [2.45, 2.75) is 0 Å². The van der Waals surface area contributed by atoms with Gasteiger partial charge in [0.05, 0.1) is 0 Å². The van der Waals surface area contributed by atoms with E-state index >= 15 is 0 Å². The molecule has 0 amide bonds. The third-order valence-corrected chi connectivity index (χ3v) is 8.40. The lowest BCUT2D eigenvalue weighted by Crippen LogP contribution is -2.70. The average molecular weight is 326 g/mol. The van der Waals surface area contributed by atoms with Gasteiger partial charge in [0, 0.05) is 78.5 Å². The maximum absolute atomic E-state index is 2.83. The van der Waals surface area contributed by atoms with Crippen LogP contribution in [0.15, 0.2) is 0 Å². The largest absolute Gasteiger partial charge is 0.327 e. The van der Waals surface area contributed by atoms with Crippen LogP contribution < -0.4 is 0 Å². The van der Waals surface area contributed by atoms with Crippen LogP contribution in [0.3, 0.4) is 0 Å². The molecule has 3 fully saturated rings. The summed E-state index contributed by atoms with van der Waals surface area (Å²) < 4.78 is 8.50. The van der Waals surface area contributed by atoms with Crippen LogP contribution in [0.25, 0.3) is 0 Å². The van der Waals surface area contributed by atoms with E-state index in [9.17, 15) is 0 Å². The van der Waals surface area contributed by atoms with Gasteiger partial charge in [0.2, 0.25) is 0 Å². The molecule has 0 aromatic carbocycles. The topological polar surface area (TPSA) is 19.4 Å². The van der Waals surface area contributed by atoms with Crippen molar-refractivity contribution < 1.29 is 0 Å². The minimum Gasteiger partial charge on any atom is -0.304 e. The summed E-state index contributed by atoms with van der Waals surface area (Å²) in [5, 5.41) is 0. The molecule has 0 saturated carbocycles. The molecule has 127 valence electrons. The molecule has 0 atom stereocenters. The van der Waals surface area contributed by atoms with Crippen molar-refractivity contribution in [1.82, 2.24) is 28.4 Å². The highest BCUT2D eigenvalue weighted by Crippen LogP contribution is 2.15. The van der Waals surface area contributed by atoms with Crippen molar-refractivity contribution >= 4 is 9.28 Å². The highest BCUT2D eigenvalue weighted by molar-refractivity contribution is 6.49. The number of rotatable bonds is 3. The summed E-state index contributed by atoms with van der Waals surface area (Å²) >= 11 is 0. The normalized spacial score (nSPS) is 29.5. The molecule has 6 nitrogen and oxygen atoms in total. The first kappa shape index (κ1) is 16.8. The summed E-state index contributed by atoms with van der Waals surface area (Å²) in [7, 11) is 6.08. The van der Waals surface area contributed by atoms with Gasteiger partial charge >= 0.3 is 9.28 Å². The second-order valence-corrected chi connectivity index (χ2v) is 9.67. The lowest BCUT2D eigenvalue weighted by Gasteiger charge is -2.49. The van der Waals surface area contributed by atoms with Crippen LogP contribution in [-0.4, -0.2) is 137 Å². The molecule has 0 N–H and O–H groups in total. The quantitative estimate of drug-likeness (QED) is 0.598. The van der Waals surface area contributed by atoms with Crippen LogP contribution in [0.1, 0.15) is 0 Å². The van der Waals surface area contributed by atoms with Gasteiger partial charge in [-0.15, -0.1) is 0 Å². The molecule has 3 aliphatic heterocycles. The van der Waals surface area contributed by atoms with Gasteiger partial charge in [-0.3, -0.25) is 13.7 Å². The summed E-state index contributed by atoms with van der Waals surface area (Å²) in [6, 6.07) is 0. The van der Waals surface area contributed by atoms with Crippen LogP contribution >= 0.6 is 0 Å². The van der Waals surface area contributed by atoms with Gasteiger partial charge in [-0.2, -0.15) is 0 Å². The summed E-state index contributed by atoms with van der Waals surface area (Å²) in [4.78, 5) is 7.43. The zero-order valence-electron chi connectivity index (χ0n) is 14.7. The monoisotopic (exact) mass is 325 g/mol. The Morgan fingerprint density at radius 3 is 0.864 bits per heavy atom. The molecular weight excluding hydrogens is 292 g/mol. The third-order valence-electron chi connectivity index (χ3n) is 5.36. The highest BCUT2D eigenvalue weighted by Gasteiger charge is 2.38. The van der Waals surface area contributed by atoms with Crippen LogP contribution in [0, 0.1) is 0 Å². The fourth-order valence-electron chi connectivity index (χ4n) is 3.62. The maximum Gasteiger partial charge on any atom is 0.327 e. The predicted octanol–water partition coefficient (Wildman–Crippen LogP) is -1.29. The van der Waals surface area contributed by atoms with E-state index in [1.54, 1.807) is 0 Å². The number of likely N-dealkylation sites (N-methyl/N-ethyl adjacent to an activating group) is 3. The summed E-state index contributed by atoms with van der Waals surface area (Å²) in [6.45, 7) is 14.9. The van der Waals surface area contributed by atoms with E-state index in [1.807, 2.05) is 0 Å². The smallest absolute Gasteiger partial charge is 0.304 e. The van der Waals surface area contributed by atoms with Crippen molar-refractivity contribution in [3.8, 4) is 0 Å². The Morgan fingerprint density at radius 1 is 0.409 bits per heavy atom. The Hall–Kier alpha value is -0.0231. The minimum atomic E-state index is -0.696.